The minimum absolute atomic E-state index is 0.0373. The molecule has 1 atom stereocenters. The number of carbonyl (C=O) groups is 2. The number of benzene rings is 2. The molecule has 2 aromatic carbocycles. The number of aryl methyl sites for hydroxylation is 1. The van der Waals surface area contributed by atoms with E-state index in [1.165, 1.54) is 55.9 Å². The molecule has 3 aromatic rings. The second-order valence-electron chi connectivity index (χ2n) is 8.90. The average Bonchev–Trinajstić information content (AvgIpc) is 3.16. The third kappa shape index (κ3) is 4.99. The number of nitrogens with zero attached hydrogens (tertiary/aromatic N) is 2. The molecule has 36 heavy (non-hydrogen) atoms. The molecule has 188 valence electrons. The fourth-order valence-electron chi connectivity index (χ4n) is 4.08. The smallest absolute Gasteiger partial charge is 0.319 e. The van der Waals surface area contributed by atoms with E-state index in [4.69, 9.17) is 0 Å². The summed E-state index contributed by atoms with van der Waals surface area (Å²) in [4.78, 5) is 30.3. The van der Waals surface area contributed by atoms with Crippen LogP contribution in [0, 0.1) is 24.4 Å². The standard InChI is InChI=1S/C25H24F3N4O3P/c1-14-6-8-18(17(26)13-14)30-25(34)31-19-10-12-32(24(19)33)20-9-7-15(21(27)22(20)28)16-5-4-11-29-23(16)36(2,3)35/h4-9,11,13,19H,10,12H2,1-3H3,(H2,30,31,34)/t19-/m1/s1. The van der Waals surface area contributed by atoms with Gasteiger partial charge in [0.15, 0.2) is 11.6 Å². The quantitative estimate of drug-likeness (QED) is 0.483. The van der Waals surface area contributed by atoms with E-state index in [-0.39, 0.29) is 40.9 Å². The van der Waals surface area contributed by atoms with E-state index in [1.54, 1.807) is 13.0 Å². The van der Waals surface area contributed by atoms with Crippen LogP contribution in [-0.2, 0) is 9.36 Å². The largest absolute Gasteiger partial charge is 0.326 e. The molecule has 0 saturated carbocycles. The maximum absolute atomic E-state index is 15.2. The van der Waals surface area contributed by atoms with Crippen LogP contribution in [0.2, 0.25) is 0 Å². The molecule has 7 nitrogen and oxygen atoms in total. The molecule has 1 aliphatic rings. The molecule has 0 bridgehead atoms. The molecule has 0 spiro atoms. The number of nitrogens with one attached hydrogen (secondary N) is 2. The van der Waals surface area contributed by atoms with Gasteiger partial charge >= 0.3 is 6.03 Å². The Morgan fingerprint density at radius 1 is 1.08 bits per heavy atom. The van der Waals surface area contributed by atoms with Crippen molar-refractivity contribution in [2.75, 3.05) is 30.1 Å². The van der Waals surface area contributed by atoms with Gasteiger partial charge in [0, 0.05) is 23.9 Å². The number of pyridine rings is 1. The van der Waals surface area contributed by atoms with Crippen LogP contribution in [0.5, 0.6) is 0 Å². The van der Waals surface area contributed by atoms with Crippen molar-refractivity contribution < 1.29 is 27.3 Å². The van der Waals surface area contributed by atoms with Crippen LogP contribution in [0.15, 0.2) is 48.7 Å². The summed E-state index contributed by atoms with van der Waals surface area (Å²) >= 11 is 0. The van der Waals surface area contributed by atoms with Gasteiger partial charge in [0.25, 0.3) is 0 Å². The Morgan fingerprint density at radius 3 is 2.53 bits per heavy atom. The number of anilines is 2. The van der Waals surface area contributed by atoms with Gasteiger partial charge in [-0.3, -0.25) is 9.78 Å². The first-order valence-electron chi connectivity index (χ1n) is 11.1. The van der Waals surface area contributed by atoms with E-state index in [2.05, 4.69) is 15.6 Å². The first-order chi connectivity index (χ1) is 17.0. The second-order valence-corrected chi connectivity index (χ2v) is 12.0. The SMILES string of the molecule is Cc1ccc(NC(=O)N[C@@H]2CCN(c3ccc(-c4cccnc4P(C)(C)=O)c(F)c3F)C2=O)c(F)c1. The van der Waals surface area contributed by atoms with E-state index < -0.39 is 42.6 Å². The molecule has 1 saturated heterocycles. The Bertz CT molecular complexity index is 1410. The number of carbonyl (C=O) groups excluding carboxylic acids is 2. The zero-order valence-corrected chi connectivity index (χ0v) is 20.7. The molecule has 3 amide bonds. The van der Waals surface area contributed by atoms with Gasteiger partial charge in [-0.1, -0.05) is 12.1 Å². The fraction of sp³-hybridized carbons (Fsp3) is 0.240. The molecule has 4 rings (SSSR count). The molecular weight excluding hydrogens is 492 g/mol. The second kappa shape index (κ2) is 9.78. The Balaban J connectivity index is 1.53. The third-order valence-electron chi connectivity index (χ3n) is 5.82. The van der Waals surface area contributed by atoms with Gasteiger partial charge in [-0.15, -0.1) is 0 Å². The van der Waals surface area contributed by atoms with Crippen molar-refractivity contribution in [3.63, 3.8) is 0 Å². The first kappa shape index (κ1) is 25.4. The third-order valence-corrected chi connectivity index (χ3v) is 7.20. The summed E-state index contributed by atoms with van der Waals surface area (Å²) in [5, 5.41) is 4.79. The van der Waals surface area contributed by atoms with Crippen LogP contribution in [-0.4, -0.2) is 42.8 Å². The summed E-state index contributed by atoms with van der Waals surface area (Å²) in [6, 6.07) is 8.10. The maximum Gasteiger partial charge on any atom is 0.319 e. The minimum Gasteiger partial charge on any atom is -0.326 e. The van der Waals surface area contributed by atoms with Gasteiger partial charge in [0.2, 0.25) is 5.91 Å². The number of amides is 3. The number of rotatable bonds is 5. The van der Waals surface area contributed by atoms with Gasteiger partial charge in [-0.05, 0) is 62.6 Å². The number of halogens is 3. The molecule has 2 N–H and O–H groups in total. The van der Waals surface area contributed by atoms with E-state index in [9.17, 15) is 18.5 Å². The van der Waals surface area contributed by atoms with Crippen LogP contribution in [0.3, 0.4) is 0 Å². The molecule has 11 heteroatoms. The molecule has 0 unspecified atom stereocenters. The molecule has 0 radical (unpaired) electrons. The monoisotopic (exact) mass is 516 g/mol. The Morgan fingerprint density at radius 2 is 1.83 bits per heavy atom. The van der Waals surface area contributed by atoms with Gasteiger partial charge in [0.1, 0.15) is 24.4 Å². The highest BCUT2D eigenvalue weighted by Gasteiger charge is 2.36. The lowest BCUT2D eigenvalue weighted by Gasteiger charge is -2.20. The number of aromatic nitrogens is 1. The van der Waals surface area contributed by atoms with Crippen molar-refractivity contribution in [3.8, 4) is 11.1 Å². The summed E-state index contributed by atoms with van der Waals surface area (Å²) in [6.45, 7) is 4.71. The minimum atomic E-state index is -2.89. The molecular formula is C25H24F3N4O3P. The first-order valence-corrected chi connectivity index (χ1v) is 13.7. The van der Waals surface area contributed by atoms with Crippen LogP contribution in [0.25, 0.3) is 11.1 Å². The van der Waals surface area contributed by atoms with E-state index >= 15 is 8.78 Å². The lowest BCUT2D eigenvalue weighted by molar-refractivity contribution is -0.118. The predicted octanol–water partition coefficient (Wildman–Crippen LogP) is 4.65. The predicted molar refractivity (Wildman–Crippen MR) is 133 cm³/mol. The lowest BCUT2D eigenvalue weighted by Crippen LogP contribution is -2.43. The molecule has 1 aliphatic heterocycles. The fourth-order valence-corrected chi connectivity index (χ4v) is 5.20. The van der Waals surface area contributed by atoms with Crippen molar-refractivity contribution in [2.24, 2.45) is 0 Å². The normalized spacial score (nSPS) is 15.8. The highest BCUT2D eigenvalue weighted by atomic mass is 31.2. The average molecular weight is 516 g/mol. The maximum atomic E-state index is 15.2. The van der Waals surface area contributed by atoms with Gasteiger partial charge in [-0.25, -0.2) is 18.0 Å². The van der Waals surface area contributed by atoms with E-state index in [1.807, 2.05) is 0 Å². The van der Waals surface area contributed by atoms with Crippen LogP contribution in [0.1, 0.15) is 12.0 Å². The Labute approximate surface area is 206 Å². The summed E-state index contributed by atoms with van der Waals surface area (Å²) < 4.78 is 56.9. The van der Waals surface area contributed by atoms with E-state index in [0.717, 1.165) is 4.90 Å². The van der Waals surface area contributed by atoms with Crippen LogP contribution < -0.4 is 21.0 Å². The van der Waals surface area contributed by atoms with Crippen molar-refractivity contribution >= 4 is 35.9 Å². The number of urea groups is 1. The lowest BCUT2D eigenvalue weighted by atomic mass is 10.1. The van der Waals surface area contributed by atoms with Crippen molar-refractivity contribution in [3.05, 3.63) is 71.7 Å². The van der Waals surface area contributed by atoms with Crippen molar-refractivity contribution in [1.82, 2.24) is 10.3 Å². The van der Waals surface area contributed by atoms with Gasteiger partial charge in [0.05, 0.1) is 11.4 Å². The van der Waals surface area contributed by atoms with E-state index in [0.29, 0.717) is 5.56 Å². The highest BCUT2D eigenvalue weighted by Crippen LogP contribution is 2.39. The Kier molecular flexibility index (Phi) is 6.91. The summed E-state index contributed by atoms with van der Waals surface area (Å²) in [5.41, 5.74) is 0.608. The van der Waals surface area contributed by atoms with Crippen LogP contribution in [0.4, 0.5) is 29.3 Å². The summed E-state index contributed by atoms with van der Waals surface area (Å²) in [5.74, 6) is -3.70. The zero-order chi connectivity index (χ0) is 26.2. The van der Waals surface area contributed by atoms with Crippen LogP contribution >= 0.6 is 7.14 Å². The zero-order valence-electron chi connectivity index (χ0n) is 19.8. The highest BCUT2D eigenvalue weighted by molar-refractivity contribution is 7.70. The molecule has 1 fully saturated rings. The van der Waals surface area contributed by atoms with Crippen molar-refractivity contribution in [2.45, 2.75) is 19.4 Å². The topological polar surface area (TPSA) is 91.4 Å². The molecule has 2 heterocycles. The van der Waals surface area contributed by atoms with Crippen molar-refractivity contribution in [1.29, 1.82) is 0 Å². The summed E-state index contributed by atoms with van der Waals surface area (Å²) in [7, 11) is -2.89. The van der Waals surface area contributed by atoms with Gasteiger partial charge in [-0.2, -0.15) is 0 Å². The summed E-state index contributed by atoms with van der Waals surface area (Å²) in [6.07, 6.45) is 1.58. The number of hydrogen-bond acceptors (Lipinski definition) is 4. The van der Waals surface area contributed by atoms with Gasteiger partial charge < -0.3 is 20.1 Å². The molecule has 1 aromatic heterocycles. The molecule has 0 aliphatic carbocycles. The Hall–Kier alpha value is -3.65. The number of hydrogen-bond donors (Lipinski definition) is 2.